The lowest BCUT2D eigenvalue weighted by atomic mass is 10.0. The highest BCUT2D eigenvalue weighted by atomic mass is 35.5. The third kappa shape index (κ3) is 4.37. The van der Waals surface area contributed by atoms with Crippen LogP contribution in [0.3, 0.4) is 0 Å². The summed E-state index contributed by atoms with van der Waals surface area (Å²) in [5.74, 6) is -0.342. The highest BCUT2D eigenvalue weighted by Crippen LogP contribution is 2.28. The largest absolute Gasteiger partial charge is 0.330 e. The summed E-state index contributed by atoms with van der Waals surface area (Å²) in [4.78, 5) is 4.29. The second-order valence-corrected chi connectivity index (χ2v) is 7.23. The van der Waals surface area contributed by atoms with Crippen molar-refractivity contribution >= 4 is 11.6 Å². The van der Waals surface area contributed by atoms with Crippen LogP contribution in [0.25, 0.3) is 11.1 Å². The van der Waals surface area contributed by atoms with Gasteiger partial charge in [-0.05, 0) is 47.0 Å². The Hall–Kier alpha value is -3.42. The van der Waals surface area contributed by atoms with Crippen LogP contribution in [0.5, 0.6) is 0 Å². The molecule has 0 N–H and O–H groups in total. The van der Waals surface area contributed by atoms with Crippen molar-refractivity contribution in [2.75, 3.05) is 0 Å². The molecule has 3 nitrogen and oxygen atoms in total. The fraction of sp³-hybridized carbons (Fsp3) is 0.0833. The minimum Gasteiger partial charge on any atom is -0.330 e. The van der Waals surface area contributed by atoms with Crippen molar-refractivity contribution < 1.29 is 4.39 Å². The number of halogens is 2. The van der Waals surface area contributed by atoms with Gasteiger partial charge in [0.2, 0.25) is 0 Å². The maximum absolute atomic E-state index is 13.3. The van der Waals surface area contributed by atoms with Crippen LogP contribution in [-0.2, 0) is 13.0 Å². The van der Waals surface area contributed by atoms with Crippen LogP contribution >= 0.6 is 11.6 Å². The van der Waals surface area contributed by atoms with Gasteiger partial charge in [-0.1, -0.05) is 48.0 Å². The molecule has 0 aliphatic rings. The molecule has 29 heavy (non-hydrogen) atoms. The Morgan fingerprint density at radius 1 is 0.966 bits per heavy atom. The van der Waals surface area contributed by atoms with Crippen LogP contribution in [0, 0.1) is 17.1 Å². The molecule has 0 saturated carbocycles. The van der Waals surface area contributed by atoms with Gasteiger partial charge in [-0.2, -0.15) is 5.26 Å². The molecule has 4 rings (SSSR count). The number of nitriles is 1. The van der Waals surface area contributed by atoms with E-state index in [1.54, 1.807) is 6.07 Å². The monoisotopic (exact) mass is 401 g/mol. The van der Waals surface area contributed by atoms with Gasteiger partial charge in [-0.25, -0.2) is 9.37 Å². The zero-order chi connectivity index (χ0) is 20.2. The first-order valence-corrected chi connectivity index (χ1v) is 9.52. The fourth-order valence-electron chi connectivity index (χ4n) is 3.25. The van der Waals surface area contributed by atoms with E-state index in [1.165, 1.54) is 12.1 Å². The minimum atomic E-state index is -0.342. The number of benzene rings is 3. The van der Waals surface area contributed by atoms with E-state index >= 15 is 0 Å². The number of imidazole rings is 1. The Labute approximate surface area is 173 Å². The lowest BCUT2D eigenvalue weighted by Crippen LogP contribution is -2.04. The molecule has 3 aromatic carbocycles. The molecule has 142 valence electrons. The summed E-state index contributed by atoms with van der Waals surface area (Å²) < 4.78 is 15.4. The van der Waals surface area contributed by atoms with Crippen LogP contribution in [0.4, 0.5) is 4.39 Å². The molecular weight excluding hydrogens is 385 g/mol. The van der Waals surface area contributed by atoms with Gasteiger partial charge in [0.25, 0.3) is 0 Å². The molecule has 0 amide bonds. The summed E-state index contributed by atoms with van der Waals surface area (Å²) in [6.45, 7) is 0.697. The van der Waals surface area contributed by atoms with Gasteiger partial charge < -0.3 is 4.57 Å². The summed E-state index contributed by atoms with van der Waals surface area (Å²) in [5.41, 5.74) is 5.77. The first-order valence-electron chi connectivity index (χ1n) is 9.15. The van der Waals surface area contributed by atoms with E-state index < -0.39 is 0 Å². The van der Waals surface area contributed by atoms with Crippen molar-refractivity contribution in [2.24, 2.45) is 0 Å². The normalized spacial score (nSPS) is 10.7. The number of rotatable bonds is 5. The van der Waals surface area contributed by atoms with Crippen molar-refractivity contribution in [1.82, 2.24) is 9.55 Å². The maximum Gasteiger partial charge on any atom is 0.124 e. The zero-order valence-electron chi connectivity index (χ0n) is 15.5. The van der Waals surface area contributed by atoms with E-state index in [-0.39, 0.29) is 5.82 Å². The standard InChI is InChI=1S/C24H17ClFN3/c25-24-12-21(26)9-10-23(24)20-7-5-19(6-8-20)15-29-16-28-14-22(29)11-17-1-3-18(13-27)4-2-17/h1-10,12,14,16H,11,15H2. The molecule has 5 heteroatoms. The lowest BCUT2D eigenvalue weighted by molar-refractivity contribution is 0.628. The van der Waals surface area contributed by atoms with Crippen LogP contribution in [0.15, 0.2) is 79.3 Å². The molecule has 0 radical (unpaired) electrons. The third-order valence-electron chi connectivity index (χ3n) is 4.82. The van der Waals surface area contributed by atoms with E-state index in [1.807, 2.05) is 61.1 Å². The Morgan fingerprint density at radius 3 is 2.38 bits per heavy atom. The van der Waals surface area contributed by atoms with Gasteiger partial charge in [0.15, 0.2) is 0 Å². The highest BCUT2D eigenvalue weighted by Gasteiger charge is 2.07. The van der Waals surface area contributed by atoms with E-state index in [9.17, 15) is 4.39 Å². The molecule has 1 heterocycles. The van der Waals surface area contributed by atoms with Gasteiger partial charge in [0, 0.05) is 30.4 Å². The molecule has 1 aromatic heterocycles. The van der Waals surface area contributed by atoms with Crippen LogP contribution in [0.2, 0.25) is 5.02 Å². The molecule has 0 bridgehead atoms. The molecular formula is C24H17ClFN3. The Balaban J connectivity index is 1.50. The second-order valence-electron chi connectivity index (χ2n) is 6.82. The maximum atomic E-state index is 13.3. The topological polar surface area (TPSA) is 41.6 Å². The molecule has 0 aliphatic carbocycles. The molecule has 0 spiro atoms. The van der Waals surface area contributed by atoms with Crippen LogP contribution in [-0.4, -0.2) is 9.55 Å². The smallest absolute Gasteiger partial charge is 0.124 e. The molecule has 4 aromatic rings. The van der Waals surface area contributed by atoms with Gasteiger partial charge in [0.05, 0.1) is 23.0 Å². The average Bonchev–Trinajstić information content (AvgIpc) is 3.16. The summed E-state index contributed by atoms with van der Waals surface area (Å²) in [6, 6.07) is 22.2. The lowest BCUT2D eigenvalue weighted by Gasteiger charge is -2.10. The van der Waals surface area contributed by atoms with Crippen LogP contribution in [0.1, 0.15) is 22.4 Å². The van der Waals surface area contributed by atoms with Gasteiger partial charge in [-0.3, -0.25) is 0 Å². The number of hydrogen-bond acceptors (Lipinski definition) is 2. The summed E-state index contributed by atoms with van der Waals surface area (Å²) >= 11 is 6.17. The molecule has 0 atom stereocenters. The quantitative estimate of drug-likeness (QED) is 0.420. The minimum absolute atomic E-state index is 0.342. The van der Waals surface area contributed by atoms with E-state index in [4.69, 9.17) is 16.9 Å². The Kier molecular flexibility index (Phi) is 5.41. The van der Waals surface area contributed by atoms with E-state index in [0.29, 0.717) is 17.1 Å². The molecule has 0 aliphatic heterocycles. The molecule has 0 fully saturated rings. The van der Waals surface area contributed by atoms with Crippen molar-refractivity contribution in [1.29, 1.82) is 5.26 Å². The third-order valence-corrected chi connectivity index (χ3v) is 5.13. The predicted molar refractivity (Wildman–Crippen MR) is 112 cm³/mol. The van der Waals surface area contributed by atoms with Gasteiger partial charge in [-0.15, -0.1) is 0 Å². The summed E-state index contributed by atoms with van der Waals surface area (Å²) in [5, 5.41) is 9.32. The number of hydrogen-bond donors (Lipinski definition) is 0. The first-order chi connectivity index (χ1) is 14.1. The van der Waals surface area contributed by atoms with Crippen molar-refractivity contribution in [3.8, 4) is 17.2 Å². The van der Waals surface area contributed by atoms with Crippen molar-refractivity contribution in [3.05, 3.63) is 112 Å². The van der Waals surface area contributed by atoms with Crippen molar-refractivity contribution in [2.45, 2.75) is 13.0 Å². The average molecular weight is 402 g/mol. The SMILES string of the molecule is N#Cc1ccc(Cc2cncn2Cc2ccc(-c3ccc(F)cc3Cl)cc2)cc1. The number of aromatic nitrogens is 2. The first kappa shape index (κ1) is 18.9. The Bertz CT molecular complexity index is 1170. The molecule has 0 unspecified atom stereocenters. The zero-order valence-corrected chi connectivity index (χ0v) is 16.3. The molecule has 0 saturated heterocycles. The summed E-state index contributed by atoms with van der Waals surface area (Å²) in [7, 11) is 0. The van der Waals surface area contributed by atoms with Crippen LogP contribution < -0.4 is 0 Å². The van der Waals surface area contributed by atoms with Crippen molar-refractivity contribution in [3.63, 3.8) is 0 Å². The van der Waals surface area contributed by atoms with E-state index in [2.05, 4.69) is 15.6 Å². The number of nitrogens with zero attached hydrogens (tertiary/aromatic N) is 3. The van der Waals surface area contributed by atoms with Gasteiger partial charge >= 0.3 is 0 Å². The fourth-order valence-corrected chi connectivity index (χ4v) is 3.53. The highest BCUT2D eigenvalue weighted by molar-refractivity contribution is 6.33. The van der Waals surface area contributed by atoms with Gasteiger partial charge in [0.1, 0.15) is 5.82 Å². The predicted octanol–water partition coefficient (Wildman–Crippen LogP) is 5.85. The Morgan fingerprint density at radius 2 is 1.69 bits per heavy atom. The van der Waals surface area contributed by atoms with E-state index in [0.717, 1.165) is 34.4 Å². The summed E-state index contributed by atoms with van der Waals surface area (Å²) in [6.07, 6.45) is 4.43. The second kappa shape index (κ2) is 8.30.